The zero-order chi connectivity index (χ0) is 21.9. The maximum atomic E-state index is 3.56. The molecule has 0 atom stereocenters. The maximum absolute atomic E-state index is 3.56. The Labute approximate surface area is 190 Å². The molecule has 4 aromatic carbocycles. The highest BCUT2D eigenvalue weighted by Crippen LogP contribution is 2.35. The lowest BCUT2D eigenvalue weighted by molar-refractivity contribution is 0.986. The van der Waals surface area contributed by atoms with Gasteiger partial charge in [-0.25, -0.2) is 0 Å². The van der Waals surface area contributed by atoms with Crippen LogP contribution in [-0.2, 0) is 6.42 Å². The molecule has 32 heavy (non-hydrogen) atoms. The summed E-state index contributed by atoms with van der Waals surface area (Å²) >= 11 is 0. The summed E-state index contributed by atoms with van der Waals surface area (Å²) in [5.41, 5.74) is 10.9. The molecule has 0 saturated heterocycles. The van der Waals surface area contributed by atoms with E-state index in [2.05, 4.69) is 127 Å². The van der Waals surface area contributed by atoms with Gasteiger partial charge >= 0.3 is 0 Å². The largest absolute Gasteiger partial charge is 0.356 e. The highest BCUT2D eigenvalue weighted by Gasteiger charge is 2.12. The summed E-state index contributed by atoms with van der Waals surface area (Å²) < 4.78 is 0. The zero-order valence-corrected chi connectivity index (χ0v) is 18.7. The van der Waals surface area contributed by atoms with Gasteiger partial charge in [0.05, 0.1) is 0 Å². The quantitative estimate of drug-likeness (QED) is 0.351. The lowest BCUT2D eigenvalue weighted by Gasteiger charge is -2.26. The molecule has 2 nitrogen and oxygen atoms in total. The van der Waals surface area contributed by atoms with Crippen LogP contribution in [0.25, 0.3) is 6.08 Å². The van der Waals surface area contributed by atoms with Crippen LogP contribution in [0.2, 0.25) is 0 Å². The smallest absolute Gasteiger partial charge is 0.0463 e. The molecule has 5 rings (SSSR count). The lowest BCUT2D eigenvalue weighted by Crippen LogP contribution is -2.10. The van der Waals surface area contributed by atoms with E-state index in [1.807, 2.05) is 0 Å². The Hall–Kier alpha value is -3.78. The van der Waals surface area contributed by atoms with E-state index in [4.69, 9.17) is 0 Å². The molecule has 0 aliphatic heterocycles. The summed E-state index contributed by atoms with van der Waals surface area (Å²) in [5, 5.41) is 3.56. The summed E-state index contributed by atoms with van der Waals surface area (Å²) in [6.45, 7) is 4.24. The highest BCUT2D eigenvalue weighted by molar-refractivity contribution is 5.78. The lowest BCUT2D eigenvalue weighted by atomic mass is 9.97. The number of allylic oxidation sites excluding steroid dienone is 1. The number of nitrogens with one attached hydrogen (secondary N) is 1. The molecule has 0 aromatic heterocycles. The number of fused-ring (bicyclic) bond motifs is 1. The first-order chi connectivity index (χ1) is 15.7. The molecule has 0 spiro atoms. The first kappa shape index (κ1) is 20.1. The third kappa shape index (κ3) is 4.31. The zero-order valence-electron chi connectivity index (χ0n) is 18.7. The Kier molecular flexibility index (Phi) is 5.51. The van der Waals surface area contributed by atoms with Gasteiger partial charge in [-0.2, -0.15) is 0 Å². The average molecular weight is 417 g/mol. The molecular formula is C30H28N2. The van der Waals surface area contributed by atoms with Crippen molar-refractivity contribution in [1.82, 2.24) is 0 Å². The van der Waals surface area contributed by atoms with Gasteiger partial charge in [-0.1, -0.05) is 53.6 Å². The maximum Gasteiger partial charge on any atom is 0.0463 e. The van der Waals surface area contributed by atoms with Gasteiger partial charge in [0.25, 0.3) is 0 Å². The fourth-order valence-corrected chi connectivity index (χ4v) is 4.20. The summed E-state index contributed by atoms with van der Waals surface area (Å²) in [6.07, 6.45) is 6.76. The van der Waals surface area contributed by atoms with Crippen LogP contribution in [0.4, 0.5) is 28.4 Å². The Morgan fingerprint density at radius 2 is 1.16 bits per heavy atom. The minimum Gasteiger partial charge on any atom is -0.356 e. The van der Waals surface area contributed by atoms with Crippen molar-refractivity contribution in [3.05, 3.63) is 119 Å². The van der Waals surface area contributed by atoms with E-state index in [0.717, 1.165) is 41.3 Å². The monoisotopic (exact) mass is 416 g/mol. The summed E-state index contributed by atoms with van der Waals surface area (Å²) in [7, 11) is 0. The van der Waals surface area contributed by atoms with Gasteiger partial charge in [0.2, 0.25) is 0 Å². The number of aryl methyl sites for hydroxylation is 3. The van der Waals surface area contributed by atoms with E-state index in [0.29, 0.717) is 0 Å². The van der Waals surface area contributed by atoms with Crippen LogP contribution in [0.15, 0.2) is 97.1 Å². The number of anilines is 5. The van der Waals surface area contributed by atoms with Crippen molar-refractivity contribution in [1.29, 1.82) is 0 Å². The second-order valence-corrected chi connectivity index (χ2v) is 8.53. The molecule has 1 aliphatic rings. The van der Waals surface area contributed by atoms with Gasteiger partial charge in [-0.3, -0.25) is 0 Å². The predicted molar refractivity (Wildman–Crippen MR) is 138 cm³/mol. The first-order valence-electron chi connectivity index (χ1n) is 11.3. The molecule has 0 saturated carbocycles. The standard InChI is InChI=1S/C30H28N2/c1-22-7-15-28(16-8-22)32(29-17-9-23(2)10-18-29)30-19-13-26(14-20-30)31-27-12-11-24-5-3-4-6-25(24)21-27/h4,6-21,31H,3,5H2,1-2H3. The molecular weight excluding hydrogens is 388 g/mol. The van der Waals surface area contributed by atoms with Crippen LogP contribution in [-0.4, -0.2) is 0 Å². The van der Waals surface area contributed by atoms with Crippen molar-refractivity contribution in [2.24, 2.45) is 0 Å². The number of benzene rings is 4. The van der Waals surface area contributed by atoms with Crippen LogP contribution < -0.4 is 10.2 Å². The van der Waals surface area contributed by atoms with E-state index in [9.17, 15) is 0 Å². The Balaban J connectivity index is 1.43. The van der Waals surface area contributed by atoms with E-state index in [1.54, 1.807) is 0 Å². The van der Waals surface area contributed by atoms with Gasteiger partial charge in [-0.05, 0) is 98.5 Å². The topological polar surface area (TPSA) is 15.3 Å². The van der Waals surface area contributed by atoms with Gasteiger partial charge < -0.3 is 10.2 Å². The normalized spacial score (nSPS) is 12.3. The van der Waals surface area contributed by atoms with Crippen molar-refractivity contribution < 1.29 is 0 Å². The van der Waals surface area contributed by atoms with Crippen molar-refractivity contribution in [2.75, 3.05) is 10.2 Å². The molecule has 0 heterocycles. The predicted octanol–water partition coefficient (Wildman–Crippen LogP) is 8.48. The highest BCUT2D eigenvalue weighted by atomic mass is 15.1. The van der Waals surface area contributed by atoms with Crippen molar-refractivity contribution >= 4 is 34.5 Å². The van der Waals surface area contributed by atoms with Crippen LogP contribution >= 0.6 is 0 Å². The van der Waals surface area contributed by atoms with Crippen LogP contribution in [0.1, 0.15) is 28.7 Å². The number of hydrogen-bond acceptors (Lipinski definition) is 2. The van der Waals surface area contributed by atoms with Crippen molar-refractivity contribution in [3.63, 3.8) is 0 Å². The van der Waals surface area contributed by atoms with E-state index in [-0.39, 0.29) is 0 Å². The van der Waals surface area contributed by atoms with Gasteiger partial charge in [0, 0.05) is 28.4 Å². The van der Waals surface area contributed by atoms with Gasteiger partial charge in [0.15, 0.2) is 0 Å². The average Bonchev–Trinajstić information content (AvgIpc) is 2.83. The molecule has 1 N–H and O–H groups in total. The SMILES string of the molecule is Cc1ccc(N(c2ccc(C)cc2)c2ccc(Nc3ccc4c(c3)C=CCC4)cc2)cc1. The third-order valence-corrected chi connectivity index (χ3v) is 6.02. The molecule has 158 valence electrons. The second kappa shape index (κ2) is 8.76. The van der Waals surface area contributed by atoms with Crippen LogP contribution in [0.5, 0.6) is 0 Å². The fourth-order valence-electron chi connectivity index (χ4n) is 4.20. The Morgan fingerprint density at radius 1 is 0.625 bits per heavy atom. The molecule has 1 aliphatic carbocycles. The van der Waals surface area contributed by atoms with E-state index in [1.165, 1.54) is 22.3 Å². The molecule has 0 bridgehead atoms. The third-order valence-electron chi connectivity index (χ3n) is 6.02. The number of rotatable bonds is 5. The van der Waals surface area contributed by atoms with Gasteiger partial charge in [-0.15, -0.1) is 0 Å². The van der Waals surface area contributed by atoms with Crippen molar-refractivity contribution in [2.45, 2.75) is 26.7 Å². The molecule has 0 radical (unpaired) electrons. The summed E-state index contributed by atoms with van der Waals surface area (Å²) in [5.74, 6) is 0. The number of nitrogens with zero attached hydrogens (tertiary/aromatic N) is 1. The minimum atomic E-state index is 1.08. The van der Waals surface area contributed by atoms with Crippen molar-refractivity contribution in [3.8, 4) is 0 Å². The van der Waals surface area contributed by atoms with E-state index < -0.39 is 0 Å². The molecule has 0 amide bonds. The van der Waals surface area contributed by atoms with Crippen LogP contribution in [0, 0.1) is 13.8 Å². The molecule has 0 unspecified atom stereocenters. The fraction of sp³-hybridized carbons (Fsp3) is 0.133. The Morgan fingerprint density at radius 3 is 1.75 bits per heavy atom. The van der Waals surface area contributed by atoms with Gasteiger partial charge in [0.1, 0.15) is 0 Å². The summed E-state index contributed by atoms with van der Waals surface area (Å²) in [4.78, 5) is 2.30. The minimum absolute atomic E-state index is 1.08. The number of hydrogen-bond donors (Lipinski definition) is 1. The molecule has 2 heteroatoms. The first-order valence-corrected chi connectivity index (χ1v) is 11.3. The molecule has 4 aromatic rings. The Bertz CT molecular complexity index is 1190. The summed E-state index contributed by atoms with van der Waals surface area (Å²) in [6, 6.07) is 32.7. The van der Waals surface area contributed by atoms with E-state index >= 15 is 0 Å². The van der Waals surface area contributed by atoms with Crippen LogP contribution in [0.3, 0.4) is 0 Å². The second-order valence-electron chi connectivity index (χ2n) is 8.53. The molecule has 0 fully saturated rings.